The summed E-state index contributed by atoms with van der Waals surface area (Å²) in [6, 6.07) is 10.6. The maximum atomic E-state index is 12.7. The molecular formula is C19H16F3NO2. The quantitative estimate of drug-likeness (QED) is 0.747. The molecule has 0 atom stereocenters. The molecule has 0 aliphatic heterocycles. The second kappa shape index (κ2) is 6.27. The molecule has 3 aromatic rings. The number of hydrogen-bond acceptors (Lipinski definition) is 1. The summed E-state index contributed by atoms with van der Waals surface area (Å²) in [5.74, 6) is -0.906. The molecule has 1 N–H and O–H groups in total. The highest BCUT2D eigenvalue weighted by Crippen LogP contribution is 2.29. The maximum absolute atomic E-state index is 12.7. The zero-order valence-electron chi connectivity index (χ0n) is 13.5. The van der Waals surface area contributed by atoms with Crippen molar-refractivity contribution in [3.05, 3.63) is 70.9 Å². The molecule has 3 nitrogen and oxygen atoms in total. The lowest BCUT2D eigenvalue weighted by molar-refractivity contribution is -0.138. The summed E-state index contributed by atoms with van der Waals surface area (Å²) in [6.07, 6.45) is -2.49. The number of aromatic nitrogens is 1. The maximum Gasteiger partial charge on any atom is 0.416 e. The van der Waals surface area contributed by atoms with Crippen molar-refractivity contribution in [1.82, 2.24) is 4.57 Å². The second-order valence-corrected chi connectivity index (χ2v) is 6.06. The Labute approximate surface area is 142 Å². The number of alkyl halides is 3. The molecule has 6 heteroatoms. The number of carbonyl (C=O) groups is 1. The molecule has 25 heavy (non-hydrogen) atoms. The van der Waals surface area contributed by atoms with Gasteiger partial charge in [-0.1, -0.05) is 24.3 Å². The molecule has 0 radical (unpaired) electrons. The highest BCUT2D eigenvalue weighted by atomic mass is 19.4. The van der Waals surface area contributed by atoms with Gasteiger partial charge in [-0.15, -0.1) is 0 Å². The average molecular weight is 347 g/mol. The third kappa shape index (κ3) is 3.68. The van der Waals surface area contributed by atoms with Crippen LogP contribution in [0.25, 0.3) is 10.9 Å². The molecule has 2 aromatic carbocycles. The third-order valence-electron chi connectivity index (χ3n) is 4.14. The van der Waals surface area contributed by atoms with Crippen LogP contribution in [0.15, 0.2) is 48.7 Å². The molecule has 0 aliphatic rings. The standard InChI is InChI=1S/C19H16F3NO2/c1-12-10-23(11-13-2-5-15(6-3-13)19(20,21)22)17-8-14(9-18(24)25)4-7-16(12)17/h2-8,10H,9,11H2,1H3,(H,24,25). The van der Waals surface area contributed by atoms with Gasteiger partial charge in [0.1, 0.15) is 0 Å². The normalized spacial score (nSPS) is 11.8. The number of rotatable bonds is 4. The van der Waals surface area contributed by atoms with Crippen LogP contribution >= 0.6 is 0 Å². The van der Waals surface area contributed by atoms with Crippen LogP contribution in [0.5, 0.6) is 0 Å². The number of halogens is 3. The summed E-state index contributed by atoms with van der Waals surface area (Å²) in [4.78, 5) is 10.9. The minimum absolute atomic E-state index is 0.0690. The van der Waals surface area contributed by atoms with Crippen molar-refractivity contribution >= 4 is 16.9 Å². The van der Waals surface area contributed by atoms with Gasteiger partial charge in [0, 0.05) is 23.6 Å². The van der Waals surface area contributed by atoms with E-state index >= 15 is 0 Å². The fraction of sp³-hybridized carbons (Fsp3) is 0.211. The van der Waals surface area contributed by atoms with Crippen LogP contribution in [-0.2, 0) is 23.9 Å². The first-order chi connectivity index (χ1) is 11.7. The molecule has 3 rings (SSSR count). The Morgan fingerprint density at radius 3 is 2.32 bits per heavy atom. The van der Waals surface area contributed by atoms with Crippen molar-refractivity contribution in [1.29, 1.82) is 0 Å². The van der Waals surface area contributed by atoms with Gasteiger partial charge < -0.3 is 9.67 Å². The Kier molecular flexibility index (Phi) is 4.29. The molecule has 0 unspecified atom stereocenters. The predicted molar refractivity (Wildman–Crippen MR) is 88.6 cm³/mol. The molecule has 1 heterocycles. The Morgan fingerprint density at radius 1 is 1.08 bits per heavy atom. The van der Waals surface area contributed by atoms with E-state index < -0.39 is 17.7 Å². The Morgan fingerprint density at radius 2 is 1.72 bits per heavy atom. The fourth-order valence-corrected chi connectivity index (χ4v) is 2.93. The molecule has 1 aromatic heterocycles. The first kappa shape index (κ1) is 17.1. The van der Waals surface area contributed by atoms with E-state index in [9.17, 15) is 18.0 Å². The molecule has 0 aliphatic carbocycles. The minimum Gasteiger partial charge on any atom is -0.481 e. The Balaban J connectivity index is 1.94. The number of hydrogen-bond donors (Lipinski definition) is 1. The van der Waals surface area contributed by atoms with Gasteiger partial charge in [0.05, 0.1) is 12.0 Å². The molecule has 130 valence electrons. The SMILES string of the molecule is Cc1cn(Cc2ccc(C(F)(F)F)cc2)c2cc(CC(=O)O)ccc12. The number of nitrogens with zero attached hydrogens (tertiary/aromatic N) is 1. The molecule has 0 bridgehead atoms. The Bertz CT molecular complexity index is 924. The third-order valence-corrected chi connectivity index (χ3v) is 4.14. The van der Waals surface area contributed by atoms with Crippen LogP contribution in [0.3, 0.4) is 0 Å². The van der Waals surface area contributed by atoms with Crippen LogP contribution in [0.4, 0.5) is 13.2 Å². The van der Waals surface area contributed by atoms with Gasteiger partial charge in [0.2, 0.25) is 0 Å². The topological polar surface area (TPSA) is 42.2 Å². The van der Waals surface area contributed by atoms with Crippen molar-refractivity contribution in [2.24, 2.45) is 0 Å². The highest BCUT2D eigenvalue weighted by molar-refractivity contribution is 5.85. The van der Waals surface area contributed by atoms with E-state index in [1.807, 2.05) is 29.8 Å². The predicted octanol–water partition coefficient (Wildman–Crippen LogP) is 4.64. The molecule has 0 saturated carbocycles. The van der Waals surface area contributed by atoms with E-state index in [-0.39, 0.29) is 6.42 Å². The van der Waals surface area contributed by atoms with Crippen molar-refractivity contribution in [3.8, 4) is 0 Å². The minimum atomic E-state index is -4.35. The van der Waals surface area contributed by atoms with Crippen LogP contribution in [0.1, 0.15) is 22.3 Å². The molecule has 0 spiro atoms. The average Bonchev–Trinajstić information content (AvgIpc) is 2.82. The first-order valence-electron chi connectivity index (χ1n) is 7.70. The number of benzene rings is 2. The summed E-state index contributed by atoms with van der Waals surface area (Å²) in [5, 5.41) is 9.94. The van der Waals surface area contributed by atoms with Gasteiger partial charge in [-0.3, -0.25) is 4.79 Å². The molecule has 0 saturated heterocycles. The molecular weight excluding hydrogens is 331 g/mol. The van der Waals surface area contributed by atoms with Gasteiger partial charge in [-0.2, -0.15) is 13.2 Å². The van der Waals surface area contributed by atoms with E-state index in [0.717, 1.165) is 34.2 Å². The summed E-state index contributed by atoms with van der Waals surface area (Å²) >= 11 is 0. The van der Waals surface area contributed by atoms with E-state index in [1.54, 1.807) is 6.07 Å². The number of carboxylic acids is 1. The van der Waals surface area contributed by atoms with Crippen LogP contribution in [-0.4, -0.2) is 15.6 Å². The van der Waals surface area contributed by atoms with E-state index in [2.05, 4.69) is 0 Å². The van der Waals surface area contributed by atoms with Gasteiger partial charge in [-0.25, -0.2) is 0 Å². The fourth-order valence-electron chi connectivity index (χ4n) is 2.93. The zero-order valence-corrected chi connectivity index (χ0v) is 13.5. The highest BCUT2D eigenvalue weighted by Gasteiger charge is 2.29. The van der Waals surface area contributed by atoms with E-state index in [1.165, 1.54) is 12.1 Å². The van der Waals surface area contributed by atoms with Gasteiger partial charge >= 0.3 is 12.1 Å². The zero-order chi connectivity index (χ0) is 18.2. The van der Waals surface area contributed by atoms with Crippen molar-refractivity contribution in [3.63, 3.8) is 0 Å². The molecule has 0 amide bonds. The number of aryl methyl sites for hydroxylation is 1. The lowest BCUT2D eigenvalue weighted by atomic mass is 10.1. The summed E-state index contributed by atoms with van der Waals surface area (Å²) < 4.78 is 39.9. The largest absolute Gasteiger partial charge is 0.481 e. The van der Waals surface area contributed by atoms with Crippen LogP contribution < -0.4 is 0 Å². The lowest BCUT2D eigenvalue weighted by Gasteiger charge is -2.09. The number of aliphatic carboxylic acids is 1. The number of carboxylic acid groups (broad SMARTS) is 1. The van der Waals surface area contributed by atoms with Crippen LogP contribution in [0.2, 0.25) is 0 Å². The second-order valence-electron chi connectivity index (χ2n) is 6.06. The monoisotopic (exact) mass is 347 g/mol. The number of fused-ring (bicyclic) bond motifs is 1. The van der Waals surface area contributed by atoms with Crippen molar-refractivity contribution in [2.75, 3.05) is 0 Å². The van der Waals surface area contributed by atoms with E-state index in [0.29, 0.717) is 12.1 Å². The lowest BCUT2D eigenvalue weighted by Crippen LogP contribution is -2.05. The first-order valence-corrected chi connectivity index (χ1v) is 7.70. The van der Waals surface area contributed by atoms with Crippen LogP contribution in [0, 0.1) is 6.92 Å². The Hall–Kier alpha value is -2.76. The van der Waals surface area contributed by atoms with Gasteiger partial charge in [0.15, 0.2) is 0 Å². The summed E-state index contributed by atoms with van der Waals surface area (Å²) in [6.45, 7) is 2.36. The summed E-state index contributed by atoms with van der Waals surface area (Å²) in [5.41, 5.74) is 2.66. The van der Waals surface area contributed by atoms with Gasteiger partial charge in [-0.05, 0) is 41.8 Å². The smallest absolute Gasteiger partial charge is 0.416 e. The molecule has 0 fully saturated rings. The van der Waals surface area contributed by atoms with Gasteiger partial charge in [0.25, 0.3) is 0 Å². The van der Waals surface area contributed by atoms with Crippen molar-refractivity contribution < 1.29 is 23.1 Å². The summed E-state index contributed by atoms with van der Waals surface area (Å²) in [7, 11) is 0. The van der Waals surface area contributed by atoms with Crippen molar-refractivity contribution in [2.45, 2.75) is 26.1 Å². The van der Waals surface area contributed by atoms with E-state index in [4.69, 9.17) is 5.11 Å².